The summed E-state index contributed by atoms with van der Waals surface area (Å²) in [6, 6.07) is 10.7. The molecule has 3 aromatic rings. The average molecular weight is 585 g/mol. The fraction of sp³-hybridized carbons (Fsp3) is 0.308. The van der Waals surface area contributed by atoms with E-state index < -0.39 is 44.5 Å². The lowest BCUT2D eigenvalue weighted by atomic mass is 9.83. The number of nitro groups is 1. The van der Waals surface area contributed by atoms with E-state index in [2.05, 4.69) is 0 Å². The Hall–Kier alpha value is -3.88. The molecule has 3 atom stereocenters. The normalized spacial score (nSPS) is 22.3. The van der Waals surface area contributed by atoms with Crippen molar-refractivity contribution in [2.24, 2.45) is 5.92 Å². The minimum atomic E-state index is -0.927. The first-order valence-corrected chi connectivity index (χ1v) is 14.1. The Bertz CT molecular complexity index is 1580. The number of non-ortho nitro benzene ring substituents is 1. The highest BCUT2D eigenvalue weighted by Crippen LogP contribution is 2.53. The van der Waals surface area contributed by atoms with E-state index in [-0.39, 0.29) is 23.8 Å². The van der Waals surface area contributed by atoms with Crippen molar-refractivity contribution in [3.05, 3.63) is 84.6 Å². The number of nitro benzene ring substituents is 1. The number of benzene rings is 2. The lowest BCUT2D eigenvalue weighted by molar-refractivity contribution is -0.384. The molecular formula is C26H21FN4O7S2. The maximum absolute atomic E-state index is 13.8. The van der Waals surface area contributed by atoms with Gasteiger partial charge in [0.15, 0.2) is 0 Å². The summed E-state index contributed by atoms with van der Waals surface area (Å²) < 4.78 is 20.5. The molecule has 0 saturated carbocycles. The van der Waals surface area contributed by atoms with Gasteiger partial charge in [0.2, 0.25) is 17.7 Å². The number of hydrogen-bond donors (Lipinski definition) is 0. The predicted molar refractivity (Wildman–Crippen MR) is 143 cm³/mol. The fourth-order valence-corrected chi connectivity index (χ4v) is 8.08. The Morgan fingerprint density at radius 3 is 2.35 bits per heavy atom. The zero-order valence-corrected chi connectivity index (χ0v) is 22.4. The van der Waals surface area contributed by atoms with Gasteiger partial charge in [-0.2, -0.15) is 0 Å². The van der Waals surface area contributed by atoms with Crippen LogP contribution in [-0.4, -0.2) is 63.7 Å². The molecular weight excluding hydrogens is 563 g/mol. The highest BCUT2D eigenvalue weighted by Gasteiger charge is 2.56. The number of fused-ring (bicyclic) bond motifs is 2. The van der Waals surface area contributed by atoms with Gasteiger partial charge >= 0.3 is 4.87 Å². The average Bonchev–Trinajstić information content (AvgIpc) is 3.40. The first-order chi connectivity index (χ1) is 19.2. The summed E-state index contributed by atoms with van der Waals surface area (Å²) >= 11 is 1.97. The number of carbonyl (C=O) groups is 3. The van der Waals surface area contributed by atoms with Gasteiger partial charge in [-0.15, -0.1) is 0 Å². The van der Waals surface area contributed by atoms with Gasteiger partial charge in [-0.3, -0.25) is 33.9 Å². The van der Waals surface area contributed by atoms with E-state index in [1.165, 1.54) is 53.1 Å². The van der Waals surface area contributed by atoms with Gasteiger partial charge in [0, 0.05) is 36.0 Å². The minimum Gasteiger partial charge on any atom is -0.378 e. The van der Waals surface area contributed by atoms with Crippen LogP contribution in [0.3, 0.4) is 0 Å². The fourth-order valence-electron chi connectivity index (χ4n) is 5.31. The van der Waals surface area contributed by atoms with Gasteiger partial charge in [-0.05, 0) is 29.8 Å². The van der Waals surface area contributed by atoms with Crippen LogP contribution in [0, 0.1) is 21.8 Å². The van der Waals surface area contributed by atoms with E-state index in [1.807, 2.05) is 0 Å². The molecule has 1 aromatic heterocycles. The number of hydrogen-bond acceptors (Lipinski definition) is 9. The largest absolute Gasteiger partial charge is 0.378 e. The molecule has 2 aromatic carbocycles. The number of imide groups is 1. The van der Waals surface area contributed by atoms with E-state index in [0.717, 1.165) is 28.0 Å². The third-order valence-corrected chi connectivity index (χ3v) is 9.86. The molecule has 3 aliphatic rings. The van der Waals surface area contributed by atoms with Gasteiger partial charge in [-0.25, -0.2) is 9.29 Å². The number of ether oxygens (including phenoxy) is 1. The molecule has 4 heterocycles. The third-order valence-electron chi connectivity index (χ3n) is 7.25. The number of halogens is 1. The molecule has 206 valence electrons. The summed E-state index contributed by atoms with van der Waals surface area (Å²) in [6.07, 6.45) is 0. The topological polar surface area (TPSA) is 132 Å². The molecule has 0 spiro atoms. The van der Waals surface area contributed by atoms with E-state index in [9.17, 15) is 33.7 Å². The number of nitrogens with zero attached hydrogens (tertiary/aromatic N) is 4. The second-order valence-corrected chi connectivity index (χ2v) is 11.6. The SMILES string of the molecule is O=C(Cn1c2c(sc1=O)[C@H](c1ccc(F)cc1)C1C(=O)N(c3ccc([N+](=O)[O-])cc3)C(=O)C1S2)N1CCOCC1. The van der Waals surface area contributed by atoms with E-state index in [0.29, 0.717) is 41.8 Å². The Kier molecular flexibility index (Phi) is 6.76. The van der Waals surface area contributed by atoms with Crippen LogP contribution in [0.15, 0.2) is 58.4 Å². The second kappa shape index (κ2) is 10.3. The van der Waals surface area contributed by atoms with Gasteiger partial charge in [-0.1, -0.05) is 35.2 Å². The predicted octanol–water partition coefficient (Wildman–Crippen LogP) is 2.61. The maximum atomic E-state index is 13.8. The van der Waals surface area contributed by atoms with Crippen molar-refractivity contribution < 1.29 is 28.4 Å². The molecule has 2 saturated heterocycles. The molecule has 11 nitrogen and oxygen atoms in total. The lowest BCUT2D eigenvalue weighted by Crippen LogP contribution is -2.43. The number of amides is 3. The number of anilines is 1. The first kappa shape index (κ1) is 26.3. The van der Waals surface area contributed by atoms with Crippen LogP contribution in [0.5, 0.6) is 0 Å². The van der Waals surface area contributed by atoms with Crippen LogP contribution < -0.4 is 9.77 Å². The molecule has 3 aliphatic heterocycles. The van der Waals surface area contributed by atoms with Gasteiger partial charge in [0.1, 0.15) is 17.6 Å². The number of aromatic nitrogens is 1. The smallest absolute Gasteiger partial charge is 0.308 e. The Morgan fingerprint density at radius 1 is 1.02 bits per heavy atom. The van der Waals surface area contributed by atoms with Crippen LogP contribution in [0.25, 0.3) is 0 Å². The molecule has 2 fully saturated rings. The molecule has 0 N–H and O–H groups in total. The molecule has 0 aliphatic carbocycles. The highest BCUT2D eigenvalue weighted by atomic mass is 32.2. The molecule has 2 unspecified atom stereocenters. The van der Waals surface area contributed by atoms with E-state index >= 15 is 0 Å². The van der Waals surface area contributed by atoms with Crippen LogP contribution in [0.2, 0.25) is 0 Å². The number of rotatable bonds is 5. The van der Waals surface area contributed by atoms with Crippen molar-refractivity contribution in [2.75, 3.05) is 31.2 Å². The van der Waals surface area contributed by atoms with Crippen LogP contribution in [0.1, 0.15) is 16.4 Å². The lowest BCUT2D eigenvalue weighted by Gasteiger charge is -2.31. The van der Waals surface area contributed by atoms with Crippen molar-refractivity contribution in [3.8, 4) is 0 Å². The quantitative estimate of drug-likeness (QED) is 0.254. The Labute approximate surface area is 234 Å². The summed E-state index contributed by atoms with van der Waals surface area (Å²) in [5.74, 6) is -3.43. The molecule has 6 rings (SSSR count). The summed E-state index contributed by atoms with van der Waals surface area (Å²) in [5, 5.41) is 10.6. The second-order valence-electron chi connectivity index (χ2n) is 9.50. The number of carbonyl (C=O) groups excluding carboxylic acids is 3. The number of thiazole rings is 1. The van der Waals surface area contributed by atoms with Crippen molar-refractivity contribution >= 4 is 52.2 Å². The minimum absolute atomic E-state index is 0.185. The van der Waals surface area contributed by atoms with Crippen LogP contribution >= 0.6 is 23.1 Å². The number of morpholine rings is 1. The Balaban J connectivity index is 1.41. The van der Waals surface area contributed by atoms with Crippen LogP contribution in [0.4, 0.5) is 15.8 Å². The van der Waals surface area contributed by atoms with Crippen molar-refractivity contribution in [1.29, 1.82) is 0 Å². The van der Waals surface area contributed by atoms with E-state index in [1.54, 1.807) is 4.90 Å². The first-order valence-electron chi connectivity index (χ1n) is 12.4. The standard InChI is InChI=1S/C26H21FN4O7S2/c27-15-3-1-14(2-4-15)19-20-21(24(34)30(23(20)33)16-5-7-17(8-6-16)31(36)37)39-25-22(19)40-26(35)29(25)13-18(32)28-9-11-38-12-10-28/h1-8,19-21H,9-13H2/t19-,20?,21?/m1/s1. The van der Waals surface area contributed by atoms with Crippen molar-refractivity contribution in [2.45, 2.75) is 22.7 Å². The molecule has 3 amide bonds. The highest BCUT2D eigenvalue weighted by molar-refractivity contribution is 8.00. The molecule has 0 bridgehead atoms. The third kappa shape index (κ3) is 4.41. The van der Waals surface area contributed by atoms with Gasteiger partial charge in [0.25, 0.3) is 5.69 Å². The summed E-state index contributed by atoms with van der Waals surface area (Å²) in [5.41, 5.74) is 0.559. The molecule has 0 radical (unpaired) electrons. The number of thioether (sulfide) groups is 1. The van der Waals surface area contributed by atoms with Gasteiger partial charge in [0.05, 0.1) is 34.8 Å². The maximum Gasteiger partial charge on any atom is 0.308 e. The Morgan fingerprint density at radius 2 is 1.70 bits per heavy atom. The molecule has 40 heavy (non-hydrogen) atoms. The summed E-state index contributed by atoms with van der Waals surface area (Å²) in [4.78, 5) is 67.1. The van der Waals surface area contributed by atoms with Crippen LogP contribution in [-0.2, 0) is 25.7 Å². The monoisotopic (exact) mass is 584 g/mol. The zero-order chi connectivity index (χ0) is 28.1. The van der Waals surface area contributed by atoms with Crippen molar-refractivity contribution in [3.63, 3.8) is 0 Å². The zero-order valence-electron chi connectivity index (χ0n) is 20.7. The van der Waals surface area contributed by atoms with Gasteiger partial charge < -0.3 is 9.64 Å². The summed E-state index contributed by atoms with van der Waals surface area (Å²) in [6.45, 7) is 1.41. The summed E-state index contributed by atoms with van der Waals surface area (Å²) in [7, 11) is 0. The molecule has 14 heteroatoms. The van der Waals surface area contributed by atoms with Crippen molar-refractivity contribution in [1.82, 2.24) is 9.47 Å². The van der Waals surface area contributed by atoms with E-state index in [4.69, 9.17) is 4.74 Å².